The first-order valence-electron chi connectivity index (χ1n) is 11.1. The summed E-state index contributed by atoms with van der Waals surface area (Å²) < 4.78 is 25.1. The van der Waals surface area contributed by atoms with E-state index < -0.39 is 5.82 Å². The highest BCUT2D eigenvalue weighted by molar-refractivity contribution is 7.80. The summed E-state index contributed by atoms with van der Waals surface area (Å²) in [5, 5.41) is 8.16. The molecule has 8 heteroatoms. The lowest BCUT2D eigenvalue weighted by molar-refractivity contribution is 0.386. The van der Waals surface area contributed by atoms with E-state index in [0.717, 1.165) is 28.1 Å². The average Bonchev–Trinajstić information content (AvgIpc) is 3.34. The first-order valence-corrected chi connectivity index (χ1v) is 11.5. The van der Waals surface area contributed by atoms with Gasteiger partial charge in [-0.2, -0.15) is 4.98 Å². The Balaban J connectivity index is 1.64. The lowest BCUT2D eigenvalue weighted by Crippen LogP contribution is -2.46. The van der Waals surface area contributed by atoms with Crippen LogP contribution >= 0.6 is 12.2 Å². The van der Waals surface area contributed by atoms with E-state index in [1.165, 1.54) is 19.2 Å². The zero-order valence-electron chi connectivity index (χ0n) is 19.4. The van der Waals surface area contributed by atoms with Crippen LogP contribution in [0.4, 0.5) is 10.1 Å². The molecule has 4 aromatic rings. The molecule has 0 saturated heterocycles. The third kappa shape index (κ3) is 4.28. The van der Waals surface area contributed by atoms with E-state index in [4.69, 9.17) is 21.5 Å². The first-order chi connectivity index (χ1) is 17.0. The highest BCUT2D eigenvalue weighted by Crippen LogP contribution is 2.39. The van der Waals surface area contributed by atoms with Gasteiger partial charge in [0.25, 0.3) is 5.89 Å². The van der Waals surface area contributed by atoms with Gasteiger partial charge in [0.15, 0.2) is 16.7 Å². The number of anilines is 1. The number of aryl methyl sites for hydroxylation is 1. The van der Waals surface area contributed by atoms with Crippen LogP contribution in [0.2, 0.25) is 0 Å². The molecule has 0 amide bonds. The summed E-state index contributed by atoms with van der Waals surface area (Å²) in [6.07, 6.45) is 0. The Labute approximate surface area is 208 Å². The number of aromatic nitrogens is 2. The lowest BCUT2D eigenvalue weighted by Gasteiger charge is -2.37. The molecule has 1 aromatic heterocycles. The Morgan fingerprint density at radius 1 is 1.03 bits per heavy atom. The number of nitrogens with zero attached hydrogens (tertiary/aromatic N) is 3. The molecule has 0 fully saturated rings. The molecule has 1 aliphatic heterocycles. The maximum Gasteiger partial charge on any atom is 0.258 e. The van der Waals surface area contributed by atoms with Crippen LogP contribution in [0.25, 0.3) is 17.0 Å². The Hall–Kier alpha value is -4.04. The standard InChI is InChI=1S/C27H23FN4O2S/c1-16-8-7-11-20(14-16)32-17(2)23(24(29-27(32)35)18-9-5-4-6-10-18)26-30-25(31-34-26)19-12-13-22(33-3)21(28)15-19/h4-15,24H,1-3H3,(H,29,35). The number of halogens is 1. The van der Waals surface area contributed by atoms with Crippen LogP contribution in [0, 0.1) is 12.7 Å². The molecule has 0 bridgehead atoms. The second-order valence-corrected chi connectivity index (χ2v) is 8.63. The van der Waals surface area contributed by atoms with Gasteiger partial charge in [0.05, 0.1) is 18.7 Å². The molecule has 35 heavy (non-hydrogen) atoms. The van der Waals surface area contributed by atoms with Crippen LogP contribution in [0.15, 0.2) is 83.0 Å². The smallest absolute Gasteiger partial charge is 0.258 e. The number of rotatable bonds is 5. The van der Waals surface area contributed by atoms with E-state index in [1.807, 2.05) is 67.3 Å². The summed E-state index contributed by atoms with van der Waals surface area (Å²) in [7, 11) is 1.42. The Morgan fingerprint density at radius 3 is 2.54 bits per heavy atom. The van der Waals surface area contributed by atoms with Crippen molar-refractivity contribution in [1.29, 1.82) is 0 Å². The summed E-state index contributed by atoms with van der Waals surface area (Å²) >= 11 is 5.79. The van der Waals surface area contributed by atoms with Gasteiger partial charge in [-0.15, -0.1) is 0 Å². The molecule has 1 aliphatic rings. The monoisotopic (exact) mass is 486 g/mol. The largest absolute Gasteiger partial charge is 0.494 e. The lowest BCUT2D eigenvalue weighted by atomic mass is 9.94. The minimum absolute atomic E-state index is 0.152. The zero-order valence-corrected chi connectivity index (χ0v) is 20.3. The topological polar surface area (TPSA) is 63.4 Å². The molecule has 0 aliphatic carbocycles. The van der Waals surface area contributed by atoms with Crippen molar-refractivity contribution in [3.63, 3.8) is 0 Å². The molecule has 0 saturated carbocycles. The molecule has 0 spiro atoms. The number of thiocarbonyl (C=S) groups is 1. The van der Waals surface area contributed by atoms with Gasteiger partial charge in [-0.1, -0.05) is 47.6 Å². The molecule has 2 heterocycles. The van der Waals surface area contributed by atoms with Gasteiger partial charge >= 0.3 is 0 Å². The van der Waals surface area contributed by atoms with E-state index in [9.17, 15) is 4.39 Å². The summed E-state index contributed by atoms with van der Waals surface area (Å²) in [5.74, 6) is 0.266. The number of nitrogens with one attached hydrogen (secondary N) is 1. The van der Waals surface area contributed by atoms with Gasteiger partial charge in [-0.3, -0.25) is 4.90 Å². The molecule has 0 radical (unpaired) electrons. The minimum Gasteiger partial charge on any atom is -0.494 e. The Bertz CT molecular complexity index is 1430. The number of allylic oxidation sites excluding steroid dienone is 1. The number of hydrogen-bond acceptors (Lipinski definition) is 5. The van der Waals surface area contributed by atoms with Gasteiger partial charge in [0.1, 0.15) is 0 Å². The minimum atomic E-state index is -0.496. The molecule has 3 aromatic carbocycles. The molecule has 176 valence electrons. The second kappa shape index (κ2) is 9.31. The number of methoxy groups -OCH3 is 1. The normalized spacial score (nSPS) is 15.8. The fourth-order valence-electron chi connectivity index (χ4n) is 4.25. The van der Waals surface area contributed by atoms with Crippen molar-refractivity contribution in [3.05, 3.63) is 101 Å². The van der Waals surface area contributed by atoms with Gasteiger partial charge < -0.3 is 14.6 Å². The van der Waals surface area contributed by atoms with Crippen LogP contribution in [-0.2, 0) is 0 Å². The highest BCUT2D eigenvalue weighted by atomic mass is 32.1. The van der Waals surface area contributed by atoms with Crippen LogP contribution in [0.1, 0.15) is 30.0 Å². The fourth-order valence-corrected chi connectivity index (χ4v) is 4.61. The predicted octanol–water partition coefficient (Wildman–Crippen LogP) is 6.06. The van der Waals surface area contributed by atoms with Crippen molar-refractivity contribution in [1.82, 2.24) is 15.5 Å². The van der Waals surface area contributed by atoms with Crippen molar-refractivity contribution in [3.8, 4) is 17.1 Å². The van der Waals surface area contributed by atoms with Gasteiger partial charge in [-0.05, 0) is 67.5 Å². The predicted molar refractivity (Wildman–Crippen MR) is 137 cm³/mol. The quantitative estimate of drug-likeness (QED) is 0.344. The van der Waals surface area contributed by atoms with Gasteiger partial charge in [0.2, 0.25) is 5.82 Å². The van der Waals surface area contributed by atoms with Crippen molar-refractivity contribution in [2.45, 2.75) is 19.9 Å². The molecule has 1 atom stereocenters. The molecule has 6 nitrogen and oxygen atoms in total. The molecule has 1 unspecified atom stereocenters. The summed E-state index contributed by atoms with van der Waals surface area (Å²) in [6, 6.07) is 22.3. The van der Waals surface area contributed by atoms with E-state index >= 15 is 0 Å². The van der Waals surface area contributed by atoms with Crippen molar-refractivity contribution in [2.75, 3.05) is 12.0 Å². The SMILES string of the molecule is COc1ccc(-c2noc(C3=C(C)N(c4cccc(C)c4)C(=S)NC3c3ccccc3)n2)cc1F. The third-order valence-corrected chi connectivity index (χ3v) is 6.24. The molecular formula is C27H23FN4O2S. The van der Waals surface area contributed by atoms with E-state index in [-0.39, 0.29) is 17.6 Å². The first kappa shape index (κ1) is 22.7. The van der Waals surface area contributed by atoms with Gasteiger partial charge in [0, 0.05) is 16.9 Å². The number of benzene rings is 3. The van der Waals surface area contributed by atoms with E-state index in [0.29, 0.717) is 16.6 Å². The average molecular weight is 487 g/mol. The molecular weight excluding hydrogens is 463 g/mol. The molecule has 1 N–H and O–H groups in total. The van der Waals surface area contributed by atoms with Crippen LogP contribution in [-0.4, -0.2) is 22.4 Å². The van der Waals surface area contributed by atoms with Gasteiger partial charge in [-0.25, -0.2) is 4.39 Å². The second-order valence-electron chi connectivity index (χ2n) is 8.24. The zero-order chi connectivity index (χ0) is 24.5. The number of ether oxygens (including phenoxy) is 1. The van der Waals surface area contributed by atoms with Crippen molar-refractivity contribution >= 4 is 28.6 Å². The summed E-state index contributed by atoms with van der Waals surface area (Å²) in [5.41, 5.74) is 5.20. The highest BCUT2D eigenvalue weighted by Gasteiger charge is 2.34. The maximum absolute atomic E-state index is 14.3. The van der Waals surface area contributed by atoms with E-state index in [2.05, 4.69) is 21.5 Å². The Morgan fingerprint density at radius 2 is 1.83 bits per heavy atom. The van der Waals surface area contributed by atoms with Crippen molar-refractivity contribution < 1.29 is 13.7 Å². The third-order valence-electron chi connectivity index (χ3n) is 5.94. The van der Waals surface area contributed by atoms with E-state index in [1.54, 1.807) is 6.07 Å². The van der Waals surface area contributed by atoms with Crippen LogP contribution in [0.5, 0.6) is 5.75 Å². The summed E-state index contributed by atoms with van der Waals surface area (Å²) in [4.78, 5) is 6.61. The Kier molecular flexibility index (Phi) is 6.05. The number of hydrogen-bond donors (Lipinski definition) is 1. The van der Waals surface area contributed by atoms with Crippen molar-refractivity contribution in [2.24, 2.45) is 0 Å². The maximum atomic E-state index is 14.3. The summed E-state index contributed by atoms with van der Waals surface area (Å²) in [6.45, 7) is 4.02. The fraction of sp³-hybridized carbons (Fsp3) is 0.148. The molecule has 5 rings (SSSR count). The van der Waals surface area contributed by atoms with Crippen LogP contribution in [0.3, 0.4) is 0 Å². The van der Waals surface area contributed by atoms with Crippen LogP contribution < -0.4 is 15.0 Å².